The number of carbonyl (C=O) groups excluding carboxylic acids is 1. The topological polar surface area (TPSA) is 90.1 Å². The van der Waals surface area contributed by atoms with E-state index in [0.29, 0.717) is 22.8 Å². The third-order valence-electron chi connectivity index (χ3n) is 7.15. The van der Waals surface area contributed by atoms with Crippen molar-refractivity contribution in [1.29, 1.82) is 0 Å². The number of thiophene rings is 1. The fourth-order valence-electron chi connectivity index (χ4n) is 6.42. The summed E-state index contributed by atoms with van der Waals surface area (Å²) >= 11 is 1.44. The summed E-state index contributed by atoms with van der Waals surface area (Å²) in [4.78, 5) is 24.5. The molecular formula is C21H26N4O3S. The molecule has 4 saturated carbocycles. The molecule has 1 amide bonds. The first kappa shape index (κ1) is 18.8. The molecule has 8 heteroatoms. The van der Waals surface area contributed by atoms with Crippen molar-refractivity contribution in [2.45, 2.75) is 64.5 Å². The molecule has 4 bridgehead atoms. The zero-order valence-electron chi connectivity index (χ0n) is 16.8. The van der Waals surface area contributed by atoms with Crippen LogP contribution < -0.4 is 5.32 Å². The molecule has 0 saturated heterocycles. The van der Waals surface area contributed by atoms with Crippen LogP contribution in [0.15, 0.2) is 11.4 Å². The van der Waals surface area contributed by atoms with Crippen LogP contribution in [0.5, 0.6) is 0 Å². The first-order valence-electron chi connectivity index (χ1n) is 10.4. The number of hydrogen-bond donors (Lipinski definition) is 1. The van der Waals surface area contributed by atoms with Crippen molar-refractivity contribution >= 4 is 22.9 Å². The number of nitrogens with one attached hydrogen (secondary N) is 1. The van der Waals surface area contributed by atoms with Crippen LogP contribution in [-0.4, -0.2) is 26.1 Å². The van der Waals surface area contributed by atoms with E-state index in [1.165, 1.54) is 30.6 Å². The second-order valence-electron chi connectivity index (χ2n) is 9.41. The molecule has 0 aliphatic heterocycles. The molecule has 29 heavy (non-hydrogen) atoms. The van der Waals surface area contributed by atoms with Crippen LogP contribution >= 0.6 is 11.3 Å². The molecule has 2 heterocycles. The van der Waals surface area contributed by atoms with Gasteiger partial charge < -0.3 is 5.32 Å². The lowest BCUT2D eigenvalue weighted by Crippen LogP contribution is -2.59. The quantitative estimate of drug-likeness (QED) is 0.586. The van der Waals surface area contributed by atoms with Crippen LogP contribution in [0, 0.1) is 41.7 Å². The van der Waals surface area contributed by atoms with Gasteiger partial charge in [0, 0.05) is 5.54 Å². The van der Waals surface area contributed by atoms with E-state index in [0.717, 1.165) is 42.6 Å². The Morgan fingerprint density at radius 2 is 1.90 bits per heavy atom. The van der Waals surface area contributed by atoms with Gasteiger partial charge in [0.05, 0.1) is 16.3 Å². The van der Waals surface area contributed by atoms with E-state index in [2.05, 4.69) is 10.4 Å². The molecule has 1 N–H and O–H groups in total. The van der Waals surface area contributed by atoms with Crippen LogP contribution in [-0.2, 0) is 6.54 Å². The molecule has 4 aliphatic carbocycles. The Hall–Kier alpha value is -2.22. The highest BCUT2D eigenvalue weighted by atomic mass is 32.1. The van der Waals surface area contributed by atoms with Gasteiger partial charge in [0.2, 0.25) is 0 Å². The highest BCUT2D eigenvalue weighted by molar-refractivity contribution is 7.12. The number of aromatic nitrogens is 2. The summed E-state index contributed by atoms with van der Waals surface area (Å²) in [7, 11) is 0. The molecule has 4 fully saturated rings. The Morgan fingerprint density at radius 1 is 1.28 bits per heavy atom. The number of rotatable bonds is 5. The van der Waals surface area contributed by atoms with E-state index >= 15 is 0 Å². The summed E-state index contributed by atoms with van der Waals surface area (Å²) < 4.78 is 1.65. The first-order chi connectivity index (χ1) is 13.8. The summed E-state index contributed by atoms with van der Waals surface area (Å²) in [5.41, 5.74) is 1.98. The van der Waals surface area contributed by atoms with Crippen LogP contribution in [0.25, 0.3) is 0 Å². The van der Waals surface area contributed by atoms with Gasteiger partial charge in [-0.2, -0.15) is 5.10 Å². The van der Waals surface area contributed by atoms with Crippen molar-refractivity contribution in [2.24, 2.45) is 17.8 Å². The third-order valence-corrected chi connectivity index (χ3v) is 8.13. The summed E-state index contributed by atoms with van der Waals surface area (Å²) in [5.74, 6) is 2.41. The van der Waals surface area contributed by atoms with Gasteiger partial charge in [-0.15, -0.1) is 11.3 Å². The fraction of sp³-hybridized carbons (Fsp3) is 0.619. The molecule has 6 rings (SSSR count). The molecule has 0 aromatic carbocycles. The number of nitro groups is 1. The number of carbonyl (C=O) groups is 1. The average molecular weight is 415 g/mol. The number of hydrogen-bond acceptors (Lipinski definition) is 5. The maximum absolute atomic E-state index is 13.0. The van der Waals surface area contributed by atoms with Crippen molar-refractivity contribution in [3.05, 3.63) is 43.4 Å². The van der Waals surface area contributed by atoms with Gasteiger partial charge in [-0.3, -0.25) is 19.6 Å². The van der Waals surface area contributed by atoms with Crippen LogP contribution in [0.4, 0.5) is 5.69 Å². The molecule has 0 unspecified atom stereocenters. The van der Waals surface area contributed by atoms with E-state index in [1.807, 2.05) is 11.4 Å². The lowest BCUT2D eigenvalue weighted by molar-refractivity contribution is -0.386. The largest absolute Gasteiger partial charge is 0.346 e. The maximum atomic E-state index is 13.0. The van der Waals surface area contributed by atoms with Gasteiger partial charge in [0.1, 0.15) is 11.4 Å². The SMILES string of the molecule is Cc1nn(Cc2csc(C(=O)NC34CC5CC(CC(C5)C3)C4)c2)c(C)c1[N+](=O)[O-]. The Balaban J connectivity index is 1.30. The van der Waals surface area contributed by atoms with Crippen molar-refractivity contribution in [3.63, 3.8) is 0 Å². The van der Waals surface area contributed by atoms with Crippen LogP contribution in [0.2, 0.25) is 0 Å². The average Bonchev–Trinajstić information content (AvgIpc) is 3.18. The maximum Gasteiger partial charge on any atom is 0.312 e. The van der Waals surface area contributed by atoms with Crippen molar-refractivity contribution < 1.29 is 9.72 Å². The van der Waals surface area contributed by atoms with Gasteiger partial charge in [0.25, 0.3) is 5.91 Å². The Morgan fingerprint density at radius 3 is 2.45 bits per heavy atom. The van der Waals surface area contributed by atoms with Crippen molar-refractivity contribution in [3.8, 4) is 0 Å². The van der Waals surface area contributed by atoms with Crippen LogP contribution in [0.3, 0.4) is 0 Å². The molecular weight excluding hydrogens is 388 g/mol. The molecule has 0 atom stereocenters. The van der Waals surface area contributed by atoms with E-state index in [4.69, 9.17) is 0 Å². The van der Waals surface area contributed by atoms with Crippen molar-refractivity contribution in [1.82, 2.24) is 15.1 Å². The summed E-state index contributed by atoms with van der Waals surface area (Å²) in [6.45, 7) is 3.80. The summed E-state index contributed by atoms with van der Waals surface area (Å²) in [6, 6.07) is 1.91. The van der Waals surface area contributed by atoms with E-state index in [9.17, 15) is 14.9 Å². The third kappa shape index (κ3) is 3.27. The highest BCUT2D eigenvalue weighted by Crippen LogP contribution is 2.55. The Kier molecular flexibility index (Phi) is 4.31. The number of aryl methyl sites for hydroxylation is 1. The Bertz CT molecular complexity index is 957. The molecule has 2 aromatic heterocycles. The van der Waals surface area contributed by atoms with E-state index in [-0.39, 0.29) is 22.1 Å². The lowest BCUT2D eigenvalue weighted by atomic mass is 9.53. The zero-order valence-corrected chi connectivity index (χ0v) is 17.6. The molecule has 7 nitrogen and oxygen atoms in total. The van der Waals surface area contributed by atoms with Gasteiger partial charge in [-0.25, -0.2) is 0 Å². The monoisotopic (exact) mass is 414 g/mol. The molecule has 0 spiro atoms. The van der Waals surface area contributed by atoms with E-state index in [1.54, 1.807) is 18.5 Å². The zero-order chi connectivity index (χ0) is 20.3. The minimum atomic E-state index is -0.383. The van der Waals surface area contributed by atoms with Gasteiger partial charge in [-0.05, 0) is 87.1 Å². The highest BCUT2D eigenvalue weighted by Gasteiger charge is 2.51. The van der Waals surface area contributed by atoms with Gasteiger partial charge in [-0.1, -0.05) is 0 Å². The molecule has 2 aromatic rings. The lowest BCUT2D eigenvalue weighted by Gasteiger charge is -2.56. The van der Waals surface area contributed by atoms with Crippen molar-refractivity contribution in [2.75, 3.05) is 0 Å². The number of nitrogens with zero attached hydrogens (tertiary/aromatic N) is 3. The minimum absolute atomic E-state index is 0.00623. The second-order valence-corrected chi connectivity index (χ2v) is 10.3. The first-order valence-corrected chi connectivity index (χ1v) is 11.3. The van der Waals surface area contributed by atoms with Crippen LogP contribution in [0.1, 0.15) is 65.1 Å². The normalized spacial score (nSPS) is 29.9. The minimum Gasteiger partial charge on any atom is -0.346 e. The second kappa shape index (κ2) is 6.65. The molecule has 154 valence electrons. The summed E-state index contributed by atoms with van der Waals surface area (Å²) in [6.07, 6.45) is 7.47. The van der Waals surface area contributed by atoms with Gasteiger partial charge >= 0.3 is 5.69 Å². The fourth-order valence-corrected chi connectivity index (χ4v) is 7.22. The van der Waals surface area contributed by atoms with Gasteiger partial charge in [0.15, 0.2) is 0 Å². The standard InChI is InChI=1S/C21H26N4O3S/c1-12-19(25(27)28)13(2)24(23-12)10-17-6-18(29-11-17)20(26)22-21-7-14-3-15(8-21)5-16(4-14)9-21/h6,11,14-16H,3-5,7-10H2,1-2H3,(H,22,26). The summed E-state index contributed by atoms with van der Waals surface area (Å²) in [5, 5.41) is 20.9. The predicted molar refractivity (Wildman–Crippen MR) is 110 cm³/mol. The van der Waals surface area contributed by atoms with E-state index < -0.39 is 0 Å². The smallest absolute Gasteiger partial charge is 0.312 e. The molecule has 4 aliphatic rings. The Labute approximate surface area is 173 Å². The molecule has 0 radical (unpaired) electrons. The predicted octanol–water partition coefficient (Wildman–Crippen LogP) is 4.22. The number of amides is 1.